The number of carboxylic acids is 1. The quantitative estimate of drug-likeness (QED) is 0.843. The Bertz CT molecular complexity index is 589. The van der Waals surface area contributed by atoms with Crippen molar-refractivity contribution in [2.24, 2.45) is 0 Å². The molecule has 0 unspecified atom stereocenters. The molecule has 94 valence electrons. The fourth-order valence-corrected chi connectivity index (χ4v) is 1.98. The van der Waals surface area contributed by atoms with Crippen LogP contribution in [0.5, 0.6) is 0 Å². The van der Waals surface area contributed by atoms with E-state index in [-0.39, 0.29) is 5.56 Å². The summed E-state index contributed by atoms with van der Waals surface area (Å²) in [6.45, 7) is 0.634. The summed E-state index contributed by atoms with van der Waals surface area (Å²) in [6, 6.07) is 3.64. The number of carboxylic acid groups (broad SMARTS) is 1. The van der Waals surface area contributed by atoms with Crippen LogP contribution in [0.2, 0.25) is 0 Å². The zero-order valence-electron chi connectivity index (χ0n) is 9.83. The van der Waals surface area contributed by atoms with Gasteiger partial charge in [0.15, 0.2) is 11.5 Å². The molecule has 3 rings (SSSR count). The molecule has 18 heavy (non-hydrogen) atoms. The second-order valence-electron chi connectivity index (χ2n) is 4.56. The highest BCUT2D eigenvalue weighted by molar-refractivity contribution is 5.88. The minimum atomic E-state index is -0.949. The van der Waals surface area contributed by atoms with E-state index < -0.39 is 5.97 Å². The molecule has 0 aliphatic heterocycles. The van der Waals surface area contributed by atoms with Crippen molar-refractivity contribution in [2.45, 2.75) is 31.8 Å². The maximum atomic E-state index is 10.8. The van der Waals surface area contributed by atoms with Crippen LogP contribution < -0.4 is 5.32 Å². The standard InChI is InChI=1S/C12H14N4O2/c17-12(18)8-4-5-16-11(6-8)14-10(15-16)7-13-9-2-1-3-9/h4-6,9,13H,1-3,7H2,(H,17,18). The lowest BCUT2D eigenvalue weighted by atomic mass is 9.93. The largest absolute Gasteiger partial charge is 0.478 e. The second-order valence-corrected chi connectivity index (χ2v) is 4.56. The van der Waals surface area contributed by atoms with E-state index in [9.17, 15) is 4.79 Å². The highest BCUT2D eigenvalue weighted by atomic mass is 16.4. The average molecular weight is 246 g/mol. The minimum absolute atomic E-state index is 0.230. The maximum Gasteiger partial charge on any atom is 0.335 e. The van der Waals surface area contributed by atoms with Gasteiger partial charge < -0.3 is 10.4 Å². The molecule has 0 bridgehead atoms. The number of rotatable bonds is 4. The van der Waals surface area contributed by atoms with Gasteiger partial charge in [0.1, 0.15) is 0 Å². The lowest BCUT2D eigenvalue weighted by Crippen LogP contribution is -2.34. The second kappa shape index (κ2) is 4.38. The van der Waals surface area contributed by atoms with Crippen LogP contribution in [0.1, 0.15) is 35.4 Å². The number of aromatic carboxylic acids is 1. The molecule has 0 radical (unpaired) electrons. The number of hydrogen-bond donors (Lipinski definition) is 2. The topological polar surface area (TPSA) is 79.5 Å². The van der Waals surface area contributed by atoms with Crippen molar-refractivity contribution in [3.63, 3.8) is 0 Å². The number of pyridine rings is 1. The molecular formula is C12H14N4O2. The summed E-state index contributed by atoms with van der Waals surface area (Å²) in [7, 11) is 0. The summed E-state index contributed by atoms with van der Waals surface area (Å²) in [5.74, 6) is -0.251. The third kappa shape index (κ3) is 2.06. The van der Waals surface area contributed by atoms with Crippen molar-refractivity contribution in [2.75, 3.05) is 0 Å². The average Bonchev–Trinajstić information content (AvgIpc) is 2.68. The molecule has 1 aliphatic rings. The summed E-state index contributed by atoms with van der Waals surface area (Å²) in [4.78, 5) is 15.2. The van der Waals surface area contributed by atoms with Gasteiger partial charge in [-0.15, -0.1) is 5.10 Å². The molecule has 0 spiro atoms. The van der Waals surface area contributed by atoms with E-state index in [1.165, 1.54) is 31.4 Å². The van der Waals surface area contributed by atoms with Crippen LogP contribution in [0, 0.1) is 0 Å². The zero-order chi connectivity index (χ0) is 12.5. The molecule has 0 saturated heterocycles. The van der Waals surface area contributed by atoms with Crippen molar-refractivity contribution in [3.8, 4) is 0 Å². The Balaban J connectivity index is 1.79. The zero-order valence-corrected chi connectivity index (χ0v) is 9.83. The normalized spacial score (nSPS) is 15.8. The molecule has 2 N–H and O–H groups in total. The molecule has 0 aromatic carbocycles. The first-order valence-corrected chi connectivity index (χ1v) is 6.04. The number of hydrogen-bond acceptors (Lipinski definition) is 4. The van der Waals surface area contributed by atoms with Gasteiger partial charge in [0.05, 0.1) is 12.1 Å². The Morgan fingerprint density at radius 2 is 2.39 bits per heavy atom. The molecule has 1 aliphatic carbocycles. The van der Waals surface area contributed by atoms with Gasteiger partial charge in [-0.3, -0.25) is 0 Å². The van der Waals surface area contributed by atoms with E-state index in [0.717, 1.165) is 0 Å². The maximum absolute atomic E-state index is 10.8. The monoisotopic (exact) mass is 246 g/mol. The van der Waals surface area contributed by atoms with Gasteiger partial charge in [0, 0.05) is 12.2 Å². The van der Waals surface area contributed by atoms with Crippen LogP contribution >= 0.6 is 0 Å². The molecule has 1 fully saturated rings. The van der Waals surface area contributed by atoms with Gasteiger partial charge >= 0.3 is 5.97 Å². The predicted octanol–water partition coefficient (Wildman–Crippen LogP) is 1.07. The van der Waals surface area contributed by atoms with Gasteiger partial charge in [-0.05, 0) is 25.0 Å². The summed E-state index contributed by atoms with van der Waals surface area (Å²) >= 11 is 0. The fourth-order valence-electron chi connectivity index (χ4n) is 1.98. The number of nitrogens with zero attached hydrogens (tertiary/aromatic N) is 3. The molecule has 0 atom stereocenters. The molecular weight excluding hydrogens is 232 g/mol. The van der Waals surface area contributed by atoms with E-state index in [0.29, 0.717) is 24.1 Å². The Kier molecular flexibility index (Phi) is 2.71. The molecule has 2 heterocycles. The molecule has 1 saturated carbocycles. The van der Waals surface area contributed by atoms with Crippen molar-refractivity contribution in [1.82, 2.24) is 19.9 Å². The highest BCUT2D eigenvalue weighted by Crippen LogP contribution is 2.18. The summed E-state index contributed by atoms with van der Waals surface area (Å²) in [6.07, 6.45) is 5.35. The van der Waals surface area contributed by atoms with Crippen molar-refractivity contribution in [1.29, 1.82) is 0 Å². The van der Waals surface area contributed by atoms with Crippen molar-refractivity contribution >= 4 is 11.6 Å². The number of nitrogens with one attached hydrogen (secondary N) is 1. The third-order valence-corrected chi connectivity index (χ3v) is 3.28. The minimum Gasteiger partial charge on any atom is -0.478 e. The van der Waals surface area contributed by atoms with Gasteiger partial charge in [-0.1, -0.05) is 6.42 Å². The fraction of sp³-hybridized carbons (Fsp3) is 0.417. The molecule has 2 aromatic heterocycles. The van der Waals surface area contributed by atoms with Crippen molar-refractivity contribution < 1.29 is 9.90 Å². The third-order valence-electron chi connectivity index (χ3n) is 3.28. The first-order chi connectivity index (χ1) is 8.72. The summed E-state index contributed by atoms with van der Waals surface area (Å²) in [5, 5.41) is 16.6. The smallest absolute Gasteiger partial charge is 0.335 e. The van der Waals surface area contributed by atoms with Gasteiger partial charge in [0.25, 0.3) is 0 Å². The Labute approximate surface area is 104 Å². The van der Waals surface area contributed by atoms with Crippen LogP contribution in [0.4, 0.5) is 0 Å². The Morgan fingerprint density at radius 1 is 1.56 bits per heavy atom. The Hall–Kier alpha value is -1.95. The van der Waals surface area contributed by atoms with E-state index in [4.69, 9.17) is 5.11 Å². The number of carbonyl (C=O) groups is 1. The van der Waals surface area contributed by atoms with Crippen LogP contribution in [-0.4, -0.2) is 31.7 Å². The van der Waals surface area contributed by atoms with Crippen molar-refractivity contribution in [3.05, 3.63) is 29.7 Å². The Morgan fingerprint density at radius 3 is 3.06 bits per heavy atom. The first-order valence-electron chi connectivity index (χ1n) is 6.04. The molecule has 0 amide bonds. The van der Waals surface area contributed by atoms with Gasteiger partial charge in [0.2, 0.25) is 0 Å². The van der Waals surface area contributed by atoms with Crippen LogP contribution in [0.25, 0.3) is 5.65 Å². The van der Waals surface area contributed by atoms with E-state index >= 15 is 0 Å². The number of aromatic nitrogens is 3. The van der Waals surface area contributed by atoms with Gasteiger partial charge in [-0.25, -0.2) is 14.3 Å². The van der Waals surface area contributed by atoms with E-state index in [2.05, 4.69) is 15.4 Å². The molecule has 6 heteroatoms. The lowest BCUT2D eigenvalue weighted by molar-refractivity contribution is 0.0697. The molecule has 6 nitrogen and oxygen atoms in total. The van der Waals surface area contributed by atoms with Crippen LogP contribution in [-0.2, 0) is 6.54 Å². The SMILES string of the molecule is O=C(O)c1ccn2nc(CNC3CCC3)nc2c1. The lowest BCUT2D eigenvalue weighted by Gasteiger charge is -2.25. The highest BCUT2D eigenvalue weighted by Gasteiger charge is 2.17. The summed E-state index contributed by atoms with van der Waals surface area (Å²) < 4.78 is 1.60. The number of fused-ring (bicyclic) bond motifs is 1. The van der Waals surface area contributed by atoms with Crippen LogP contribution in [0.15, 0.2) is 18.3 Å². The molecule has 2 aromatic rings. The summed E-state index contributed by atoms with van der Waals surface area (Å²) in [5.41, 5.74) is 0.800. The van der Waals surface area contributed by atoms with E-state index in [1.54, 1.807) is 10.7 Å². The van der Waals surface area contributed by atoms with Gasteiger partial charge in [-0.2, -0.15) is 0 Å². The van der Waals surface area contributed by atoms with E-state index in [1.807, 2.05) is 0 Å². The first kappa shape index (κ1) is 11.2. The predicted molar refractivity (Wildman–Crippen MR) is 64.4 cm³/mol. The van der Waals surface area contributed by atoms with Crippen LogP contribution in [0.3, 0.4) is 0 Å².